The van der Waals surface area contributed by atoms with Crippen LogP contribution in [-0.2, 0) is 0 Å². The van der Waals surface area contributed by atoms with Crippen LogP contribution in [0.15, 0.2) is 42.5 Å². The summed E-state index contributed by atoms with van der Waals surface area (Å²) in [5.74, 6) is -2.46. The first-order valence-electron chi connectivity index (χ1n) is 5.73. The SMILES string of the molecule is Fc1cc(F)c(F)c(NCCOc2ccccc2)c1. The van der Waals surface area contributed by atoms with Crippen molar-refractivity contribution in [1.82, 2.24) is 0 Å². The third-order valence-corrected chi connectivity index (χ3v) is 2.42. The highest BCUT2D eigenvalue weighted by molar-refractivity contribution is 5.45. The Bertz CT molecular complexity index is 546. The van der Waals surface area contributed by atoms with Gasteiger partial charge in [0.05, 0.1) is 5.69 Å². The van der Waals surface area contributed by atoms with Gasteiger partial charge in [-0.15, -0.1) is 0 Å². The van der Waals surface area contributed by atoms with Crippen molar-refractivity contribution >= 4 is 5.69 Å². The standard InChI is InChI=1S/C14H12F3NO/c15-10-8-12(16)14(17)13(9-10)18-6-7-19-11-4-2-1-3-5-11/h1-5,8-9,18H,6-7H2. The van der Waals surface area contributed by atoms with E-state index in [1.165, 1.54) is 0 Å². The number of para-hydroxylation sites is 1. The molecule has 2 rings (SSSR count). The van der Waals surface area contributed by atoms with Crippen LogP contribution in [0.2, 0.25) is 0 Å². The van der Waals surface area contributed by atoms with Gasteiger partial charge < -0.3 is 10.1 Å². The average Bonchev–Trinajstić information content (AvgIpc) is 2.41. The molecule has 0 heterocycles. The summed E-state index contributed by atoms with van der Waals surface area (Å²) in [6.45, 7) is 0.482. The zero-order valence-electron chi connectivity index (χ0n) is 10.00. The fraction of sp³-hybridized carbons (Fsp3) is 0.143. The Kier molecular flexibility index (Phi) is 4.28. The molecule has 0 bridgehead atoms. The van der Waals surface area contributed by atoms with Crippen molar-refractivity contribution in [3.05, 3.63) is 59.9 Å². The van der Waals surface area contributed by atoms with Gasteiger partial charge in [-0.05, 0) is 12.1 Å². The summed E-state index contributed by atoms with van der Waals surface area (Å²) in [5.41, 5.74) is -0.214. The number of nitrogens with one attached hydrogen (secondary N) is 1. The minimum absolute atomic E-state index is 0.214. The van der Waals surface area contributed by atoms with E-state index in [2.05, 4.69) is 5.32 Å². The molecule has 0 aliphatic rings. The van der Waals surface area contributed by atoms with Gasteiger partial charge in [-0.2, -0.15) is 0 Å². The minimum Gasteiger partial charge on any atom is -0.492 e. The lowest BCUT2D eigenvalue weighted by molar-refractivity contribution is 0.332. The predicted octanol–water partition coefficient (Wildman–Crippen LogP) is 3.59. The van der Waals surface area contributed by atoms with E-state index >= 15 is 0 Å². The zero-order valence-corrected chi connectivity index (χ0v) is 10.00. The summed E-state index contributed by atoms with van der Waals surface area (Å²) >= 11 is 0. The Balaban J connectivity index is 1.86. The van der Waals surface area contributed by atoms with Crippen molar-refractivity contribution in [1.29, 1.82) is 0 Å². The summed E-state index contributed by atoms with van der Waals surface area (Å²) < 4.78 is 44.5. The minimum atomic E-state index is -1.22. The second kappa shape index (κ2) is 6.13. The summed E-state index contributed by atoms with van der Waals surface area (Å²) in [7, 11) is 0. The first kappa shape index (κ1) is 13.3. The molecule has 0 aliphatic carbocycles. The van der Waals surface area contributed by atoms with E-state index in [1.807, 2.05) is 18.2 Å². The van der Waals surface area contributed by atoms with Gasteiger partial charge >= 0.3 is 0 Å². The van der Waals surface area contributed by atoms with Gasteiger partial charge in [0, 0.05) is 18.7 Å². The van der Waals surface area contributed by atoms with Crippen LogP contribution in [-0.4, -0.2) is 13.2 Å². The number of hydrogen-bond acceptors (Lipinski definition) is 2. The molecule has 1 N–H and O–H groups in total. The lowest BCUT2D eigenvalue weighted by atomic mass is 10.3. The molecule has 100 valence electrons. The molecule has 0 unspecified atom stereocenters. The van der Waals surface area contributed by atoms with Crippen LogP contribution in [0.4, 0.5) is 18.9 Å². The largest absolute Gasteiger partial charge is 0.492 e. The molecule has 2 aromatic carbocycles. The number of halogens is 3. The number of ether oxygens (including phenoxy) is 1. The molecule has 19 heavy (non-hydrogen) atoms. The Hall–Kier alpha value is -2.17. The van der Waals surface area contributed by atoms with Gasteiger partial charge in [-0.1, -0.05) is 18.2 Å². The summed E-state index contributed by atoms with van der Waals surface area (Å²) in [6, 6.07) is 10.5. The van der Waals surface area contributed by atoms with E-state index in [1.54, 1.807) is 12.1 Å². The van der Waals surface area contributed by atoms with Gasteiger partial charge in [0.15, 0.2) is 11.6 Å². The van der Waals surface area contributed by atoms with Crippen molar-refractivity contribution in [2.24, 2.45) is 0 Å². The van der Waals surface area contributed by atoms with E-state index in [9.17, 15) is 13.2 Å². The van der Waals surface area contributed by atoms with Crippen molar-refractivity contribution in [3.8, 4) is 5.75 Å². The quantitative estimate of drug-likeness (QED) is 0.660. The van der Waals surface area contributed by atoms with Gasteiger partial charge in [-0.3, -0.25) is 0 Å². The highest BCUT2D eigenvalue weighted by Crippen LogP contribution is 2.18. The van der Waals surface area contributed by atoms with Crippen LogP contribution in [0.1, 0.15) is 0 Å². The smallest absolute Gasteiger partial charge is 0.182 e. The molecule has 0 saturated heterocycles. The molecule has 0 fully saturated rings. The molecule has 2 nitrogen and oxygen atoms in total. The second-order valence-electron chi connectivity index (χ2n) is 3.84. The van der Waals surface area contributed by atoms with Crippen molar-refractivity contribution in [2.75, 3.05) is 18.5 Å². The highest BCUT2D eigenvalue weighted by Gasteiger charge is 2.10. The predicted molar refractivity (Wildman–Crippen MR) is 66.7 cm³/mol. The lowest BCUT2D eigenvalue weighted by Gasteiger charge is -2.09. The normalized spacial score (nSPS) is 10.3. The third kappa shape index (κ3) is 3.64. The van der Waals surface area contributed by atoms with Crippen LogP contribution < -0.4 is 10.1 Å². The van der Waals surface area contributed by atoms with Gasteiger partial charge in [0.1, 0.15) is 18.2 Å². The van der Waals surface area contributed by atoms with Crippen molar-refractivity contribution in [2.45, 2.75) is 0 Å². The molecular formula is C14H12F3NO. The van der Waals surface area contributed by atoms with E-state index in [0.717, 1.165) is 6.07 Å². The van der Waals surface area contributed by atoms with E-state index < -0.39 is 17.5 Å². The molecule has 0 spiro atoms. The maximum absolute atomic E-state index is 13.3. The fourth-order valence-electron chi connectivity index (χ4n) is 1.56. The first-order chi connectivity index (χ1) is 9.16. The number of rotatable bonds is 5. The summed E-state index contributed by atoms with van der Waals surface area (Å²) in [5, 5.41) is 2.58. The van der Waals surface area contributed by atoms with Crippen molar-refractivity contribution in [3.63, 3.8) is 0 Å². The molecule has 0 radical (unpaired) electrons. The summed E-state index contributed by atoms with van der Waals surface area (Å²) in [4.78, 5) is 0. The van der Waals surface area contributed by atoms with Crippen molar-refractivity contribution < 1.29 is 17.9 Å². The number of benzene rings is 2. The van der Waals surface area contributed by atoms with Crippen LogP contribution in [0.3, 0.4) is 0 Å². The van der Waals surface area contributed by atoms with Gasteiger partial charge in [0.25, 0.3) is 0 Å². The van der Waals surface area contributed by atoms with Crippen LogP contribution in [0.25, 0.3) is 0 Å². The second-order valence-corrected chi connectivity index (χ2v) is 3.84. The van der Waals surface area contributed by atoms with Crippen LogP contribution in [0.5, 0.6) is 5.75 Å². The maximum atomic E-state index is 13.3. The first-order valence-corrected chi connectivity index (χ1v) is 5.73. The summed E-state index contributed by atoms with van der Waals surface area (Å²) in [6.07, 6.45) is 0. The molecule has 0 aromatic heterocycles. The average molecular weight is 267 g/mol. The molecule has 0 saturated carbocycles. The third-order valence-electron chi connectivity index (χ3n) is 2.42. The Morgan fingerprint density at radius 2 is 1.74 bits per heavy atom. The zero-order chi connectivity index (χ0) is 13.7. The van der Waals surface area contributed by atoms with Crippen LogP contribution in [0, 0.1) is 17.5 Å². The maximum Gasteiger partial charge on any atom is 0.182 e. The Morgan fingerprint density at radius 3 is 2.47 bits per heavy atom. The van der Waals surface area contributed by atoms with E-state index in [4.69, 9.17) is 4.74 Å². The van der Waals surface area contributed by atoms with E-state index in [-0.39, 0.29) is 18.8 Å². The van der Waals surface area contributed by atoms with Gasteiger partial charge in [0.2, 0.25) is 0 Å². The highest BCUT2D eigenvalue weighted by atomic mass is 19.2. The Labute approximate surface area is 108 Å². The fourth-order valence-corrected chi connectivity index (χ4v) is 1.56. The van der Waals surface area contributed by atoms with Gasteiger partial charge in [-0.25, -0.2) is 13.2 Å². The molecular weight excluding hydrogens is 255 g/mol. The molecule has 5 heteroatoms. The Morgan fingerprint density at radius 1 is 1.00 bits per heavy atom. The molecule has 0 amide bonds. The number of hydrogen-bond donors (Lipinski definition) is 1. The molecule has 2 aromatic rings. The monoisotopic (exact) mass is 267 g/mol. The molecule has 0 atom stereocenters. The molecule has 0 aliphatic heterocycles. The topological polar surface area (TPSA) is 21.3 Å². The lowest BCUT2D eigenvalue weighted by Crippen LogP contribution is -2.13. The van der Waals surface area contributed by atoms with Crippen LogP contribution >= 0.6 is 0 Å². The van der Waals surface area contributed by atoms with E-state index in [0.29, 0.717) is 11.8 Å². The number of anilines is 1.